The molecule has 96 valence electrons. The van der Waals surface area contributed by atoms with Gasteiger partial charge in [0.15, 0.2) is 0 Å². The van der Waals surface area contributed by atoms with Crippen LogP contribution in [-0.2, 0) is 6.54 Å². The van der Waals surface area contributed by atoms with E-state index in [2.05, 4.69) is 0 Å². The normalized spacial score (nSPS) is 11.1. The molecule has 0 unspecified atom stereocenters. The third kappa shape index (κ3) is 2.17. The highest BCUT2D eigenvalue weighted by Crippen LogP contribution is 2.24. The maximum absolute atomic E-state index is 13.6. The first-order valence-electron chi connectivity index (χ1n) is 5.92. The number of benzene rings is 2. The molecular weight excluding hydrogens is 263 g/mol. The number of rotatable bonds is 2. The Hall–Kier alpha value is -2.00. The van der Waals surface area contributed by atoms with Gasteiger partial charge in [-0.05, 0) is 42.0 Å². The van der Waals surface area contributed by atoms with Gasteiger partial charge in [-0.2, -0.15) is 0 Å². The summed E-state index contributed by atoms with van der Waals surface area (Å²) in [5.41, 5.74) is 8.20. The summed E-state index contributed by atoms with van der Waals surface area (Å²) in [6.07, 6.45) is 1.85. The minimum atomic E-state index is -0.213. The summed E-state index contributed by atoms with van der Waals surface area (Å²) in [7, 11) is 0. The fourth-order valence-corrected chi connectivity index (χ4v) is 2.40. The van der Waals surface area contributed by atoms with Crippen molar-refractivity contribution in [3.05, 3.63) is 65.1 Å². The first-order valence-corrected chi connectivity index (χ1v) is 6.30. The van der Waals surface area contributed by atoms with E-state index in [1.807, 2.05) is 22.9 Å². The molecule has 0 aliphatic heterocycles. The van der Waals surface area contributed by atoms with Crippen molar-refractivity contribution in [1.82, 2.24) is 4.57 Å². The predicted octanol–water partition coefficient (Wildman–Crippen LogP) is 4.06. The van der Waals surface area contributed by atoms with Crippen molar-refractivity contribution in [2.75, 3.05) is 5.73 Å². The average molecular weight is 275 g/mol. The minimum absolute atomic E-state index is 0.213. The molecule has 1 heterocycles. The van der Waals surface area contributed by atoms with E-state index in [0.717, 1.165) is 11.1 Å². The molecule has 0 saturated carbocycles. The predicted molar refractivity (Wildman–Crippen MR) is 76.9 cm³/mol. The van der Waals surface area contributed by atoms with E-state index in [0.29, 0.717) is 22.6 Å². The molecule has 3 rings (SSSR count). The Morgan fingerprint density at radius 1 is 1.16 bits per heavy atom. The fourth-order valence-electron chi connectivity index (χ4n) is 2.22. The molecule has 0 aliphatic carbocycles. The van der Waals surface area contributed by atoms with E-state index >= 15 is 0 Å². The molecule has 0 bridgehead atoms. The maximum atomic E-state index is 13.6. The zero-order valence-electron chi connectivity index (χ0n) is 10.1. The Kier molecular flexibility index (Phi) is 2.91. The minimum Gasteiger partial charge on any atom is -0.399 e. The molecule has 0 amide bonds. The quantitative estimate of drug-likeness (QED) is 0.702. The summed E-state index contributed by atoms with van der Waals surface area (Å²) in [5, 5.41) is 1.27. The number of aromatic nitrogens is 1. The van der Waals surface area contributed by atoms with Gasteiger partial charge in [-0.3, -0.25) is 0 Å². The van der Waals surface area contributed by atoms with Gasteiger partial charge in [-0.15, -0.1) is 0 Å². The molecule has 2 nitrogen and oxygen atoms in total. The first kappa shape index (κ1) is 12.1. The monoisotopic (exact) mass is 274 g/mol. The van der Waals surface area contributed by atoms with E-state index in [4.69, 9.17) is 17.3 Å². The summed E-state index contributed by atoms with van der Waals surface area (Å²) in [6.45, 7) is 0.566. The van der Waals surface area contributed by atoms with Crippen molar-refractivity contribution < 1.29 is 4.39 Å². The lowest BCUT2D eigenvalue weighted by Crippen LogP contribution is -1.99. The second-order valence-corrected chi connectivity index (χ2v) is 4.87. The van der Waals surface area contributed by atoms with Crippen molar-refractivity contribution in [2.45, 2.75) is 6.54 Å². The number of halogens is 2. The van der Waals surface area contributed by atoms with Crippen molar-refractivity contribution in [3.8, 4) is 0 Å². The fraction of sp³-hybridized carbons (Fsp3) is 0.0667. The molecule has 0 aliphatic rings. The van der Waals surface area contributed by atoms with Crippen LogP contribution in [0.15, 0.2) is 48.7 Å². The Morgan fingerprint density at radius 3 is 2.84 bits per heavy atom. The van der Waals surface area contributed by atoms with Crippen molar-refractivity contribution in [1.29, 1.82) is 0 Å². The lowest BCUT2D eigenvalue weighted by Gasteiger charge is -2.08. The zero-order chi connectivity index (χ0) is 13.4. The van der Waals surface area contributed by atoms with Crippen molar-refractivity contribution in [2.24, 2.45) is 0 Å². The summed E-state index contributed by atoms with van der Waals surface area (Å²) >= 11 is 6.15. The first-order chi connectivity index (χ1) is 9.15. The van der Waals surface area contributed by atoms with Crippen LogP contribution in [0.25, 0.3) is 10.9 Å². The second-order valence-electron chi connectivity index (χ2n) is 4.47. The van der Waals surface area contributed by atoms with E-state index in [-0.39, 0.29) is 5.82 Å². The summed E-state index contributed by atoms with van der Waals surface area (Å²) in [4.78, 5) is 0. The van der Waals surface area contributed by atoms with Crippen LogP contribution in [0.4, 0.5) is 10.1 Å². The van der Waals surface area contributed by atoms with Gasteiger partial charge in [0.25, 0.3) is 0 Å². The Labute approximate surface area is 115 Å². The summed E-state index contributed by atoms with van der Waals surface area (Å²) in [6, 6.07) is 12.2. The van der Waals surface area contributed by atoms with E-state index in [9.17, 15) is 4.39 Å². The standard InChI is InChI=1S/C15H12ClFN2/c16-13-5-4-11(18)8-10(13)9-19-7-6-12-14(17)2-1-3-15(12)19/h1-8H,9,18H2. The number of anilines is 1. The van der Waals surface area contributed by atoms with Crippen molar-refractivity contribution in [3.63, 3.8) is 0 Å². The highest BCUT2D eigenvalue weighted by molar-refractivity contribution is 6.31. The van der Waals surface area contributed by atoms with Crippen LogP contribution >= 0.6 is 11.6 Å². The van der Waals surface area contributed by atoms with E-state index < -0.39 is 0 Å². The third-order valence-electron chi connectivity index (χ3n) is 3.17. The van der Waals surface area contributed by atoms with Gasteiger partial charge in [0.1, 0.15) is 5.82 Å². The van der Waals surface area contributed by atoms with Crippen LogP contribution in [0.3, 0.4) is 0 Å². The highest BCUT2D eigenvalue weighted by atomic mass is 35.5. The number of fused-ring (bicyclic) bond motifs is 1. The molecule has 1 aromatic heterocycles. The molecule has 4 heteroatoms. The molecule has 0 atom stereocenters. The molecule has 2 N–H and O–H groups in total. The Morgan fingerprint density at radius 2 is 2.00 bits per heavy atom. The van der Waals surface area contributed by atoms with Gasteiger partial charge in [-0.25, -0.2) is 4.39 Å². The van der Waals surface area contributed by atoms with Crippen LogP contribution in [0, 0.1) is 5.82 Å². The molecular formula is C15H12ClFN2. The smallest absolute Gasteiger partial charge is 0.132 e. The molecule has 0 saturated heterocycles. The van der Waals surface area contributed by atoms with Crippen LogP contribution in [0.1, 0.15) is 5.56 Å². The molecule has 19 heavy (non-hydrogen) atoms. The van der Waals surface area contributed by atoms with Gasteiger partial charge in [0, 0.05) is 28.8 Å². The van der Waals surface area contributed by atoms with Gasteiger partial charge in [0.2, 0.25) is 0 Å². The Balaban J connectivity index is 2.06. The SMILES string of the molecule is Nc1ccc(Cl)c(Cn2ccc3c(F)cccc32)c1. The summed E-state index contributed by atoms with van der Waals surface area (Å²) in [5.74, 6) is -0.213. The lowest BCUT2D eigenvalue weighted by molar-refractivity contribution is 0.639. The van der Waals surface area contributed by atoms with E-state index in [1.165, 1.54) is 6.07 Å². The Bertz CT molecular complexity index is 749. The number of hydrogen-bond donors (Lipinski definition) is 1. The van der Waals surface area contributed by atoms with Crippen LogP contribution in [-0.4, -0.2) is 4.57 Å². The molecule has 0 fully saturated rings. The maximum Gasteiger partial charge on any atom is 0.132 e. The number of nitrogens with two attached hydrogens (primary N) is 1. The third-order valence-corrected chi connectivity index (χ3v) is 3.54. The number of hydrogen-bond acceptors (Lipinski definition) is 1. The summed E-state index contributed by atoms with van der Waals surface area (Å²) < 4.78 is 15.6. The molecule has 0 spiro atoms. The zero-order valence-corrected chi connectivity index (χ0v) is 10.9. The van der Waals surface area contributed by atoms with Gasteiger partial charge < -0.3 is 10.3 Å². The number of nitrogens with zero attached hydrogens (tertiary/aromatic N) is 1. The van der Waals surface area contributed by atoms with Crippen LogP contribution in [0.5, 0.6) is 0 Å². The molecule has 0 radical (unpaired) electrons. The van der Waals surface area contributed by atoms with E-state index in [1.54, 1.807) is 24.3 Å². The van der Waals surface area contributed by atoms with Gasteiger partial charge >= 0.3 is 0 Å². The van der Waals surface area contributed by atoms with Crippen molar-refractivity contribution >= 4 is 28.2 Å². The largest absolute Gasteiger partial charge is 0.399 e. The van der Waals surface area contributed by atoms with Crippen LogP contribution < -0.4 is 5.73 Å². The van der Waals surface area contributed by atoms with Gasteiger partial charge in [0.05, 0.1) is 5.52 Å². The average Bonchev–Trinajstić information content (AvgIpc) is 2.79. The lowest BCUT2D eigenvalue weighted by atomic mass is 10.2. The van der Waals surface area contributed by atoms with Crippen LogP contribution in [0.2, 0.25) is 5.02 Å². The molecule has 3 aromatic rings. The van der Waals surface area contributed by atoms with Gasteiger partial charge in [-0.1, -0.05) is 17.7 Å². The topological polar surface area (TPSA) is 30.9 Å². The highest BCUT2D eigenvalue weighted by Gasteiger charge is 2.07. The number of nitrogen functional groups attached to an aromatic ring is 1. The second kappa shape index (κ2) is 4.59. The molecule has 2 aromatic carbocycles.